The van der Waals surface area contributed by atoms with Gasteiger partial charge in [-0.25, -0.2) is 4.79 Å². The Morgan fingerprint density at radius 1 is 1.30 bits per heavy atom. The lowest BCUT2D eigenvalue weighted by atomic mass is 10.1. The van der Waals surface area contributed by atoms with Gasteiger partial charge in [0.25, 0.3) is 0 Å². The molecule has 1 aromatic heterocycles. The van der Waals surface area contributed by atoms with Gasteiger partial charge in [0.05, 0.1) is 11.8 Å². The van der Waals surface area contributed by atoms with Crippen molar-refractivity contribution in [3.05, 3.63) is 50.6 Å². The highest BCUT2D eigenvalue weighted by molar-refractivity contribution is 7.08. The number of benzene rings is 1. The monoisotopic (exact) mass is 330 g/mol. The molecule has 1 heterocycles. The number of amides is 2. The molecule has 2 aromatic rings. The fourth-order valence-electron chi connectivity index (χ4n) is 1.59. The number of carbonyl (C=O) groups is 1. The molecule has 2 amide bonds. The fraction of sp³-hybridized carbons (Fsp3) is 0.154. The van der Waals surface area contributed by atoms with E-state index in [0.717, 1.165) is 0 Å². The van der Waals surface area contributed by atoms with Gasteiger partial charge in [0.15, 0.2) is 0 Å². The molecular weight excluding hydrogens is 319 g/mol. The van der Waals surface area contributed by atoms with E-state index in [1.807, 2.05) is 10.8 Å². The SMILES string of the molecule is O=C(NCC(O)c1cc(Cl)cc(Cl)c1)Nc1ccsc1. The molecule has 2 rings (SSSR count). The third-order valence-electron chi connectivity index (χ3n) is 2.50. The van der Waals surface area contributed by atoms with Crippen molar-refractivity contribution in [2.24, 2.45) is 0 Å². The number of rotatable bonds is 4. The minimum Gasteiger partial charge on any atom is -0.387 e. The van der Waals surface area contributed by atoms with Crippen molar-refractivity contribution in [3.8, 4) is 0 Å². The first-order valence-electron chi connectivity index (χ1n) is 5.75. The van der Waals surface area contributed by atoms with Crippen LogP contribution in [-0.4, -0.2) is 17.7 Å². The van der Waals surface area contributed by atoms with Crippen molar-refractivity contribution in [2.45, 2.75) is 6.10 Å². The van der Waals surface area contributed by atoms with E-state index in [0.29, 0.717) is 21.3 Å². The molecule has 1 atom stereocenters. The van der Waals surface area contributed by atoms with Crippen LogP contribution in [0.2, 0.25) is 10.0 Å². The Hall–Kier alpha value is -1.27. The number of aliphatic hydroxyl groups is 1. The normalized spacial score (nSPS) is 11.9. The van der Waals surface area contributed by atoms with Gasteiger partial charge in [-0.15, -0.1) is 0 Å². The lowest BCUT2D eigenvalue weighted by Crippen LogP contribution is -2.32. The first-order valence-corrected chi connectivity index (χ1v) is 7.45. The van der Waals surface area contributed by atoms with Crippen molar-refractivity contribution in [3.63, 3.8) is 0 Å². The summed E-state index contributed by atoms with van der Waals surface area (Å²) in [5.41, 5.74) is 1.27. The summed E-state index contributed by atoms with van der Waals surface area (Å²) in [7, 11) is 0. The van der Waals surface area contributed by atoms with Crippen LogP contribution in [0.15, 0.2) is 35.0 Å². The highest BCUT2D eigenvalue weighted by Gasteiger charge is 2.11. The molecule has 3 N–H and O–H groups in total. The first kappa shape index (κ1) is 15.1. The molecule has 4 nitrogen and oxygen atoms in total. The molecule has 0 saturated carbocycles. The van der Waals surface area contributed by atoms with E-state index in [1.165, 1.54) is 11.3 Å². The van der Waals surface area contributed by atoms with Crippen molar-refractivity contribution >= 4 is 46.3 Å². The van der Waals surface area contributed by atoms with Gasteiger partial charge in [-0.05, 0) is 35.2 Å². The largest absolute Gasteiger partial charge is 0.387 e. The fourth-order valence-corrected chi connectivity index (χ4v) is 2.72. The highest BCUT2D eigenvalue weighted by atomic mass is 35.5. The second-order valence-corrected chi connectivity index (χ2v) is 5.72. The van der Waals surface area contributed by atoms with E-state index in [9.17, 15) is 9.90 Å². The number of nitrogens with one attached hydrogen (secondary N) is 2. The van der Waals surface area contributed by atoms with Crippen LogP contribution in [0.4, 0.5) is 10.5 Å². The van der Waals surface area contributed by atoms with Gasteiger partial charge in [0.1, 0.15) is 0 Å². The standard InChI is InChI=1S/C13H12Cl2N2O2S/c14-9-3-8(4-10(15)5-9)12(18)6-16-13(19)17-11-1-2-20-7-11/h1-5,7,12,18H,6H2,(H2,16,17,19). The Kier molecular flexibility index (Phi) is 5.25. The zero-order valence-corrected chi connectivity index (χ0v) is 12.6. The molecule has 0 aliphatic heterocycles. The van der Waals surface area contributed by atoms with Crippen LogP contribution in [0.1, 0.15) is 11.7 Å². The van der Waals surface area contributed by atoms with E-state index in [1.54, 1.807) is 24.3 Å². The van der Waals surface area contributed by atoms with Crippen LogP contribution in [0.3, 0.4) is 0 Å². The molecular formula is C13H12Cl2N2O2S. The molecule has 1 unspecified atom stereocenters. The Balaban J connectivity index is 1.88. The van der Waals surface area contributed by atoms with E-state index in [2.05, 4.69) is 10.6 Å². The summed E-state index contributed by atoms with van der Waals surface area (Å²) in [5, 5.41) is 19.8. The molecule has 0 fully saturated rings. The molecule has 0 saturated heterocycles. The number of hydrogen-bond acceptors (Lipinski definition) is 3. The number of hydrogen-bond donors (Lipinski definition) is 3. The maximum atomic E-state index is 11.6. The molecule has 1 aromatic carbocycles. The minimum atomic E-state index is -0.876. The van der Waals surface area contributed by atoms with Gasteiger partial charge in [0.2, 0.25) is 0 Å². The summed E-state index contributed by atoms with van der Waals surface area (Å²) < 4.78 is 0. The Labute approximate surface area is 130 Å². The van der Waals surface area contributed by atoms with Gasteiger partial charge in [-0.3, -0.25) is 0 Å². The van der Waals surface area contributed by atoms with Gasteiger partial charge in [-0.2, -0.15) is 11.3 Å². The number of aliphatic hydroxyl groups excluding tert-OH is 1. The summed E-state index contributed by atoms with van der Waals surface area (Å²) in [6.07, 6.45) is -0.876. The van der Waals surface area contributed by atoms with Crippen molar-refractivity contribution in [2.75, 3.05) is 11.9 Å². The third kappa shape index (κ3) is 4.38. The van der Waals surface area contributed by atoms with Crippen LogP contribution in [0.25, 0.3) is 0 Å². The summed E-state index contributed by atoms with van der Waals surface area (Å²) >= 11 is 13.2. The molecule has 0 aliphatic rings. The Bertz CT molecular complexity index is 570. The van der Waals surface area contributed by atoms with Crippen molar-refractivity contribution in [1.82, 2.24) is 5.32 Å². The van der Waals surface area contributed by atoms with Crippen LogP contribution in [0.5, 0.6) is 0 Å². The number of anilines is 1. The Morgan fingerprint density at radius 2 is 2.00 bits per heavy atom. The lowest BCUT2D eigenvalue weighted by molar-refractivity contribution is 0.175. The average Bonchev–Trinajstić information content (AvgIpc) is 2.87. The maximum absolute atomic E-state index is 11.6. The maximum Gasteiger partial charge on any atom is 0.319 e. The van der Waals surface area contributed by atoms with Crippen LogP contribution in [0, 0.1) is 0 Å². The van der Waals surface area contributed by atoms with E-state index in [4.69, 9.17) is 23.2 Å². The molecule has 0 bridgehead atoms. The zero-order valence-electron chi connectivity index (χ0n) is 10.3. The minimum absolute atomic E-state index is 0.0621. The second kappa shape index (κ2) is 6.95. The molecule has 0 aliphatic carbocycles. The topological polar surface area (TPSA) is 61.4 Å². The summed E-state index contributed by atoms with van der Waals surface area (Å²) in [6.45, 7) is 0.0621. The van der Waals surface area contributed by atoms with E-state index >= 15 is 0 Å². The molecule has 0 radical (unpaired) electrons. The van der Waals surface area contributed by atoms with Gasteiger partial charge in [-0.1, -0.05) is 23.2 Å². The van der Waals surface area contributed by atoms with Crippen molar-refractivity contribution < 1.29 is 9.90 Å². The van der Waals surface area contributed by atoms with Gasteiger partial charge < -0.3 is 15.7 Å². The Morgan fingerprint density at radius 3 is 2.60 bits per heavy atom. The molecule has 7 heteroatoms. The van der Waals surface area contributed by atoms with Crippen LogP contribution >= 0.6 is 34.5 Å². The predicted molar refractivity (Wildman–Crippen MR) is 82.8 cm³/mol. The number of thiophene rings is 1. The first-order chi connectivity index (χ1) is 9.54. The highest BCUT2D eigenvalue weighted by Crippen LogP contribution is 2.23. The van der Waals surface area contributed by atoms with Gasteiger partial charge in [0, 0.05) is 22.0 Å². The zero-order chi connectivity index (χ0) is 14.5. The summed E-state index contributed by atoms with van der Waals surface area (Å²) in [4.78, 5) is 11.6. The lowest BCUT2D eigenvalue weighted by Gasteiger charge is -2.13. The third-order valence-corrected chi connectivity index (χ3v) is 3.62. The molecule has 20 heavy (non-hydrogen) atoms. The van der Waals surface area contributed by atoms with E-state index < -0.39 is 6.10 Å². The second-order valence-electron chi connectivity index (χ2n) is 4.07. The molecule has 0 spiro atoms. The van der Waals surface area contributed by atoms with Gasteiger partial charge >= 0.3 is 6.03 Å². The quantitative estimate of drug-likeness (QED) is 0.795. The number of carbonyl (C=O) groups excluding carboxylic acids is 1. The number of urea groups is 1. The summed E-state index contributed by atoms with van der Waals surface area (Å²) in [6, 6.07) is 6.20. The number of halogens is 2. The van der Waals surface area contributed by atoms with E-state index in [-0.39, 0.29) is 12.6 Å². The van der Waals surface area contributed by atoms with Crippen LogP contribution < -0.4 is 10.6 Å². The molecule has 106 valence electrons. The predicted octanol–water partition coefficient (Wildman–Crippen LogP) is 3.91. The summed E-state index contributed by atoms with van der Waals surface area (Å²) in [5.74, 6) is 0. The van der Waals surface area contributed by atoms with Crippen molar-refractivity contribution in [1.29, 1.82) is 0 Å². The smallest absolute Gasteiger partial charge is 0.319 e. The average molecular weight is 331 g/mol. The van der Waals surface area contributed by atoms with Crippen LogP contribution in [-0.2, 0) is 0 Å².